The van der Waals surface area contributed by atoms with Gasteiger partial charge >= 0.3 is 6.02 Å². The molecule has 2 aliphatic rings. The van der Waals surface area contributed by atoms with Crippen LogP contribution in [0.5, 0.6) is 0 Å². The normalized spacial score (nSPS) is 22.3. The number of hydrogen-bond acceptors (Lipinski definition) is 7. The van der Waals surface area contributed by atoms with Gasteiger partial charge in [0.15, 0.2) is 0 Å². The molecule has 2 atom stereocenters. The second-order valence-corrected chi connectivity index (χ2v) is 11.4. The molecule has 0 amide bonds. The van der Waals surface area contributed by atoms with Crippen LogP contribution in [0.1, 0.15) is 48.3 Å². The Morgan fingerprint density at radius 1 is 1.17 bits per heavy atom. The second-order valence-electron chi connectivity index (χ2n) is 9.67. The molecule has 2 aromatic carbocycles. The summed E-state index contributed by atoms with van der Waals surface area (Å²) in [6.45, 7) is 7.45. The van der Waals surface area contributed by atoms with Crippen molar-refractivity contribution in [2.75, 3.05) is 39.5 Å². The lowest BCUT2D eigenvalue weighted by Gasteiger charge is -2.38. The van der Waals surface area contributed by atoms with Crippen molar-refractivity contribution in [3.05, 3.63) is 71.0 Å². The van der Waals surface area contributed by atoms with E-state index in [0.29, 0.717) is 11.1 Å². The quantitative estimate of drug-likeness (QED) is 0.553. The van der Waals surface area contributed by atoms with Gasteiger partial charge in [0.2, 0.25) is 0 Å². The van der Waals surface area contributed by atoms with Gasteiger partial charge in [-0.05, 0) is 43.9 Å². The molecule has 8 nitrogen and oxygen atoms in total. The molecular weight excluding hydrogens is 485 g/mol. The summed E-state index contributed by atoms with van der Waals surface area (Å²) in [6, 6.07) is 12.8. The standard InChI is InChI=1S/C26H34FN3O5S/c1-26(2)24(20-9-7-19(8-10-20)11-13-30-14-17-34-18-15-30)36(32,33)29-25(35-26)28-23(12-16-31)21-5-3-4-6-22(21)27/h3-10,23-24,31H,11-18H2,1-2H3,(H,28,29)/t23-,24?/m0/s1. The molecule has 1 saturated heterocycles. The fourth-order valence-electron chi connectivity index (χ4n) is 4.79. The van der Waals surface area contributed by atoms with E-state index in [-0.39, 0.29) is 19.0 Å². The Hall–Kier alpha value is -2.53. The van der Waals surface area contributed by atoms with Crippen LogP contribution < -0.4 is 5.32 Å². The van der Waals surface area contributed by atoms with Gasteiger partial charge in [0.1, 0.15) is 16.7 Å². The first-order valence-electron chi connectivity index (χ1n) is 12.2. The van der Waals surface area contributed by atoms with Crippen molar-refractivity contribution in [2.24, 2.45) is 4.40 Å². The highest BCUT2D eigenvalue weighted by Gasteiger charge is 2.47. The Labute approximate surface area is 212 Å². The largest absolute Gasteiger partial charge is 0.457 e. The minimum absolute atomic E-state index is 0.152. The van der Waals surface area contributed by atoms with Gasteiger partial charge in [-0.15, -0.1) is 4.40 Å². The summed E-state index contributed by atoms with van der Waals surface area (Å²) < 4.78 is 56.3. The van der Waals surface area contributed by atoms with Crippen LogP contribution in [0.25, 0.3) is 0 Å². The minimum atomic E-state index is -4.01. The lowest BCUT2D eigenvalue weighted by molar-refractivity contribution is 0.0384. The molecule has 2 aliphatic heterocycles. The second kappa shape index (κ2) is 11.2. The van der Waals surface area contributed by atoms with Crippen LogP contribution in [0.3, 0.4) is 0 Å². The first kappa shape index (κ1) is 26.5. The molecule has 0 saturated carbocycles. The van der Waals surface area contributed by atoms with Crippen molar-refractivity contribution in [2.45, 2.75) is 43.6 Å². The van der Waals surface area contributed by atoms with E-state index in [1.54, 1.807) is 32.0 Å². The summed E-state index contributed by atoms with van der Waals surface area (Å²) in [4.78, 5) is 2.36. The number of benzene rings is 2. The number of nitrogens with one attached hydrogen (secondary N) is 1. The zero-order valence-corrected chi connectivity index (χ0v) is 21.5. The fraction of sp³-hybridized carbons (Fsp3) is 0.500. The maximum Gasteiger partial charge on any atom is 0.301 e. The summed E-state index contributed by atoms with van der Waals surface area (Å²) in [6.07, 6.45) is 1.02. The van der Waals surface area contributed by atoms with Crippen molar-refractivity contribution in [1.29, 1.82) is 0 Å². The van der Waals surface area contributed by atoms with Crippen molar-refractivity contribution in [3.8, 4) is 0 Å². The van der Waals surface area contributed by atoms with Crippen LogP contribution in [-0.2, 0) is 25.9 Å². The molecule has 0 bridgehead atoms. The fourth-order valence-corrected chi connectivity index (χ4v) is 6.48. The van der Waals surface area contributed by atoms with Gasteiger partial charge in [0.25, 0.3) is 10.0 Å². The predicted octanol–water partition coefficient (Wildman–Crippen LogP) is 2.95. The van der Waals surface area contributed by atoms with Gasteiger partial charge in [0.05, 0.1) is 19.3 Å². The van der Waals surface area contributed by atoms with Crippen LogP contribution in [0.15, 0.2) is 52.9 Å². The van der Waals surface area contributed by atoms with Crippen LogP contribution in [-0.4, -0.2) is 69.5 Å². The van der Waals surface area contributed by atoms with Gasteiger partial charge in [-0.25, -0.2) is 12.8 Å². The van der Waals surface area contributed by atoms with E-state index in [9.17, 15) is 17.9 Å². The maximum atomic E-state index is 14.4. The Morgan fingerprint density at radius 3 is 2.50 bits per heavy atom. The smallest absolute Gasteiger partial charge is 0.301 e. The van der Waals surface area contributed by atoms with Crippen molar-refractivity contribution >= 4 is 16.0 Å². The molecule has 2 aromatic rings. The predicted molar refractivity (Wildman–Crippen MR) is 136 cm³/mol. The minimum Gasteiger partial charge on any atom is -0.457 e. The summed E-state index contributed by atoms with van der Waals surface area (Å²) in [5.74, 6) is -0.464. The summed E-state index contributed by atoms with van der Waals surface area (Å²) in [5, 5.41) is 11.4. The molecule has 36 heavy (non-hydrogen) atoms. The maximum absolute atomic E-state index is 14.4. The number of sulfonamides is 1. The molecule has 0 aliphatic carbocycles. The topological polar surface area (TPSA) is 100 Å². The molecule has 1 unspecified atom stereocenters. The molecule has 10 heteroatoms. The van der Waals surface area contributed by atoms with Gasteiger partial charge in [-0.2, -0.15) is 0 Å². The zero-order chi connectivity index (χ0) is 25.8. The number of aliphatic hydroxyl groups is 1. The van der Waals surface area contributed by atoms with Crippen molar-refractivity contribution < 1.29 is 27.4 Å². The van der Waals surface area contributed by atoms with Crippen LogP contribution in [0, 0.1) is 5.82 Å². The van der Waals surface area contributed by atoms with E-state index in [1.165, 1.54) is 6.07 Å². The summed E-state index contributed by atoms with van der Waals surface area (Å²) in [5.41, 5.74) is 0.874. The zero-order valence-electron chi connectivity index (χ0n) is 20.7. The van der Waals surface area contributed by atoms with E-state index in [1.807, 2.05) is 24.3 Å². The van der Waals surface area contributed by atoms with E-state index in [0.717, 1.165) is 44.8 Å². The highest BCUT2D eigenvalue weighted by atomic mass is 32.2. The van der Waals surface area contributed by atoms with Gasteiger partial charge in [-0.3, -0.25) is 4.90 Å². The number of morpholine rings is 1. The Balaban J connectivity index is 1.51. The first-order valence-corrected chi connectivity index (χ1v) is 13.7. The summed E-state index contributed by atoms with van der Waals surface area (Å²) >= 11 is 0. The lowest BCUT2D eigenvalue weighted by Crippen LogP contribution is -2.47. The molecule has 0 radical (unpaired) electrons. The van der Waals surface area contributed by atoms with E-state index < -0.39 is 32.7 Å². The van der Waals surface area contributed by atoms with E-state index in [4.69, 9.17) is 9.47 Å². The molecule has 2 N–H and O–H groups in total. The third-order valence-corrected chi connectivity index (χ3v) is 8.45. The number of amidine groups is 1. The van der Waals surface area contributed by atoms with Crippen molar-refractivity contribution in [1.82, 2.24) is 10.2 Å². The van der Waals surface area contributed by atoms with Crippen LogP contribution >= 0.6 is 0 Å². The number of hydrogen-bond donors (Lipinski definition) is 2. The molecule has 4 rings (SSSR count). The number of ether oxygens (including phenoxy) is 2. The highest BCUT2D eigenvalue weighted by molar-refractivity contribution is 7.90. The van der Waals surface area contributed by atoms with Gasteiger partial charge < -0.3 is 19.9 Å². The first-order chi connectivity index (χ1) is 17.2. The molecule has 0 aromatic heterocycles. The molecule has 1 fully saturated rings. The summed E-state index contributed by atoms with van der Waals surface area (Å²) in [7, 11) is -4.01. The SMILES string of the molecule is CC1(C)OC(N[C@@H](CCO)c2ccccc2F)=NS(=O)(=O)C1c1ccc(CCN2CCOCC2)cc1. The van der Waals surface area contributed by atoms with E-state index in [2.05, 4.69) is 14.6 Å². The molecule has 2 heterocycles. The Morgan fingerprint density at radius 2 is 1.86 bits per heavy atom. The number of nitrogens with zero attached hydrogens (tertiary/aromatic N) is 2. The van der Waals surface area contributed by atoms with Crippen molar-refractivity contribution in [3.63, 3.8) is 0 Å². The van der Waals surface area contributed by atoms with Gasteiger partial charge in [-0.1, -0.05) is 42.5 Å². The lowest BCUT2D eigenvalue weighted by atomic mass is 9.96. The number of rotatable bonds is 8. The van der Waals surface area contributed by atoms with Gasteiger partial charge in [0, 0.05) is 31.8 Å². The third-order valence-electron chi connectivity index (χ3n) is 6.60. The number of halogens is 1. The third kappa shape index (κ3) is 6.23. The Bertz CT molecular complexity index is 1160. The molecule has 196 valence electrons. The Kier molecular flexibility index (Phi) is 8.29. The highest BCUT2D eigenvalue weighted by Crippen LogP contribution is 2.40. The van der Waals surface area contributed by atoms with Crippen LogP contribution in [0.2, 0.25) is 0 Å². The monoisotopic (exact) mass is 519 g/mol. The number of aliphatic hydroxyl groups excluding tert-OH is 1. The average molecular weight is 520 g/mol. The molecule has 0 spiro atoms. The molecular formula is C26H34FN3O5S. The van der Waals surface area contributed by atoms with Crippen LogP contribution in [0.4, 0.5) is 4.39 Å². The average Bonchev–Trinajstić information content (AvgIpc) is 2.83. The van der Waals surface area contributed by atoms with E-state index >= 15 is 0 Å².